The highest BCUT2D eigenvalue weighted by Gasteiger charge is 2.26. The van der Waals surface area contributed by atoms with Gasteiger partial charge in [0.15, 0.2) is 0 Å². The molecule has 0 saturated carbocycles. The lowest BCUT2D eigenvalue weighted by Crippen LogP contribution is -2.54. The van der Waals surface area contributed by atoms with E-state index in [9.17, 15) is 4.79 Å². The summed E-state index contributed by atoms with van der Waals surface area (Å²) in [4.78, 5) is 16.5. The molecule has 0 aromatic heterocycles. The van der Waals surface area contributed by atoms with E-state index in [4.69, 9.17) is 11.2 Å². The fourth-order valence-electron chi connectivity index (χ4n) is 2.80. The van der Waals surface area contributed by atoms with E-state index in [1.807, 2.05) is 32.0 Å². The number of hydrogen-bond donors (Lipinski definition) is 1. The van der Waals surface area contributed by atoms with Gasteiger partial charge in [0, 0.05) is 26.2 Å². The van der Waals surface area contributed by atoms with Crippen molar-refractivity contribution in [1.82, 2.24) is 10.2 Å². The molecule has 1 atom stereocenters. The van der Waals surface area contributed by atoms with Crippen LogP contribution < -0.4 is 15.0 Å². The first-order valence-corrected chi connectivity index (χ1v) is 8.09. The Hall–Kier alpha value is -2.19. The number of rotatable bonds is 6. The van der Waals surface area contributed by atoms with Gasteiger partial charge < -0.3 is 15.0 Å². The summed E-state index contributed by atoms with van der Waals surface area (Å²) in [6.45, 7) is 8.28. The van der Waals surface area contributed by atoms with Gasteiger partial charge in [-0.2, -0.15) is 0 Å². The molecule has 0 bridgehead atoms. The summed E-state index contributed by atoms with van der Waals surface area (Å²) in [6.07, 6.45) is 5.18. The van der Waals surface area contributed by atoms with Crippen LogP contribution in [0.4, 0.5) is 5.69 Å². The molecule has 1 aromatic rings. The normalized spacial score (nSPS) is 16.5. The Balaban J connectivity index is 1.94. The maximum absolute atomic E-state index is 12.0. The highest BCUT2D eigenvalue weighted by molar-refractivity contribution is 5.81. The topological polar surface area (TPSA) is 44.8 Å². The standard InChI is InChI=1S/C18H25N3O2/c1-4-10-19-18(22)15(3)20-11-13-21(14-12-20)16-8-6-7-9-17(16)23-5-2/h1,6-9,15H,5,10-14H2,2-3H3,(H,19,22). The monoisotopic (exact) mass is 315 g/mol. The van der Waals surface area contributed by atoms with Crippen LogP contribution in [0, 0.1) is 12.3 Å². The van der Waals surface area contributed by atoms with Gasteiger partial charge in [0.25, 0.3) is 0 Å². The van der Waals surface area contributed by atoms with Crippen molar-refractivity contribution in [2.24, 2.45) is 0 Å². The average molecular weight is 315 g/mol. The van der Waals surface area contributed by atoms with Crippen molar-refractivity contribution in [3.05, 3.63) is 24.3 Å². The fourth-order valence-corrected chi connectivity index (χ4v) is 2.80. The van der Waals surface area contributed by atoms with E-state index >= 15 is 0 Å². The summed E-state index contributed by atoms with van der Waals surface area (Å²) in [5.74, 6) is 3.34. The summed E-state index contributed by atoms with van der Waals surface area (Å²) in [5.41, 5.74) is 1.12. The second-order valence-corrected chi connectivity index (χ2v) is 5.52. The van der Waals surface area contributed by atoms with Gasteiger partial charge in [-0.3, -0.25) is 9.69 Å². The molecule has 1 saturated heterocycles. The minimum absolute atomic E-state index is 0.00823. The van der Waals surface area contributed by atoms with Gasteiger partial charge in [-0.15, -0.1) is 6.42 Å². The lowest BCUT2D eigenvalue weighted by Gasteiger charge is -2.38. The largest absolute Gasteiger partial charge is 0.492 e. The van der Waals surface area contributed by atoms with Gasteiger partial charge in [-0.1, -0.05) is 18.1 Å². The highest BCUT2D eigenvalue weighted by atomic mass is 16.5. The lowest BCUT2D eigenvalue weighted by molar-refractivity contribution is -0.125. The van der Waals surface area contributed by atoms with Gasteiger partial charge in [0.1, 0.15) is 5.75 Å². The van der Waals surface area contributed by atoms with E-state index in [1.165, 1.54) is 0 Å². The number of ether oxygens (including phenoxy) is 1. The van der Waals surface area contributed by atoms with Crippen molar-refractivity contribution >= 4 is 11.6 Å². The Morgan fingerprint density at radius 1 is 1.35 bits per heavy atom. The van der Waals surface area contributed by atoms with Gasteiger partial charge in [-0.05, 0) is 26.0 Å². The second-order valence-electron chi connectivity index (χ2n) is 5.52. The van der Waals surface area contributed by atoms with Crippen LogP contribution in [0.5, 0.6) is 5.75 Å². The van der Waals surface area contributed by atoms with Crippen LogP contribution >= 0.6 is 0 Å². The number of anilines is 1. The Kier molecular flexibility index (Phi) is 6.30. The summed E-state index contributed by atoms with van der Waals surface area (Å²) >= 11 is 0. The minimum atomic E-state index is -0.160. The number of carbonyl (C=O) groups excluding carboxylic acids is 1. The van der Waals surface area contributed by atoms with E-state index in [0.29, 0.717) is 6.61 Å². The zero-order chi connectivity index (χ0) is 16.7. The Morgan fingerprint density at radius 3 is 2.70 bits per heavy atom. The van der Waals surface area contributed by atoms with Gasteiger partial charge in [-0.25, -0.2) is 0 Å². The summed E-state index contributed by atoms with van der Waals surface area (Å²) < 4.78 is 5.71. The summed E-state index contributed by atoms with van der Waals surface area (Å²) in [6, 6.07) is 7.95. The third-order valence-corrected chi connectivity index (χ3v) is 4.11. The number of para-hydroxylation sites is 2. The van der Waals surface area contributed by atoms with Crippen molar-refractivity contribution in [3.63, 3.8) is 0 Å². The smallest absolute Gasteiger partial charge is 0.237 e. The molecule has 1 aliphatic heterocycles. The van der Waals surface area contributed by atoms with Crippen LogP contribution in [0.1, 0.15) is 13.8 Å². The van der Waals surface area contributed by atoms with E-state index in [-0.39, 0.29) is 18.5 Å². The first-order valence-electron chi connectivity index (χ1n) is 8.09. The molecule has 1 amide bonds. The Labute approximate surface area is 138 Å². The van der Waals surface area contributed by atoms with Crippen molar-refractivity contribution in [1.29, 1.82) is 0 Å². The predicted molar refractivity (Wildman–Crippen MR) is 92.7 cm³/mol. The first-order chi connectivity index (χ1) is 11.2. The lowest BCUT2D eigenvalue weighted by atomic mass is 10.2. The molecule has 1 unspecified atom stereocenters. The molecule has 1 aromatic carbocycles. The SMILES string of the molecule is C#CCNC(=O)C(C)N1CCN(c2ccccc2OCC)CC1. The molecule has 124 valence electrons. The molecular weight excluding hydrogens is 290 g/mol. The van der Waals surface area contributed by atoms with E-state index in [2.05, 4.69) is 27.1 Å². The van der Waals surface area contributed by atoms with Crippen molar-refractivity contribution in [2.75, 3.05) is 44.2 Å². The van der Waals surface area contributed by atoms with Gasteiger partial charge in [0.2, 0.25) is 5.91 Å². The molecule has 5 heteroatoms. The fraction of sp³-hybridized carbons (Fsp3) is 0.500. The third kappa shape index (κ3) is 4.40. The van der Waals surface area contributed by atoms with Crippen LogP contribution in [0.3, 0.4) is 0 Å². The average Bonchev–Trinajstić information content (AvgIpc) is 2.60. The number of terminal acetylenes is 1. The predicted octanol–water partition coefficient (Wildman–Crippen LogP) is 1.35. The van der Waals surface area contributed by atoms with Gasteiger partial charge >= 0.3 is 0 Å². The van der Waals surface area contributed by atoms with E-state index in [0.717, 1.165) is 37.6 Å². The molecule has 0 radical (unpaired) electrons. The molecule has 2 rings (SSSR count). The Bertz CT molecular complexity index is 560. The van der Waals surface area contributed by atoms with Crippen LogP contribution in [0.2, 0.25) is 0 Å². The number of nitrogens with zero attached hydrogens (tertiary/aromatic N) is 2. The van der Waals surface area contributed by atoms with Crippen LogP contribution in [-0.4, -0.2) is 56.2 Å². The molecule has 1 fully saturated rings. The Morgan fingerprint density at radius 2 is 2.04 bits per heavy atom. The molecule has 1 N–H and O–H groups in total. The number of amides is 1. The van der Waals surface area contributed by atoms with Crippen LogP contribution in [-0.2, 0) is 4.79 Å². The van der Waals surface area contributed by atoms with Crippen molar-refractivity contribution in [3.8, 4) is 18.1 Å². The molecule has 1 aliphatic rings. The zero-order valence-electron chi connectivity index (χ0n) is 13.9. The minimum Gasteiger partial charge on any atom is -0.492 e. The molecule has 1 heterocycles. The quantitative estimate of drug-likeness (QED) is 0.805. The van der Waals surface area contributed by atoms with Crippen LogP contribution in [0.15, 0.2) is 24.3 Å². The van der Waals surface area contributed by atoms with Crippen molar-refractivity contribution in [2.45, 2.75) is 19.9 Å². The first kappa shape index (κ1) is 17.2. The highest BCUT2D eigenvalue weighted by Crippen LogP contribution is 2.29. The van der Waals surface area contributed by atoms with E-state index in [1.54, 1.807) is 0 Å². The number of piperazine rings is 1. The molecule has 0 aliphatic carbocycles. The number of hydrogen-bond acceptors (Lipinski definition) is 4. The maximum Gasteiger partial charge on any atom is 0.237 e. The number of benzene rings is 1. The molecular formula is C18H25N3O2. The molecule has 23 heavy (non-hydrogen) atoms. The molecule has 5 nitrogen and oxygen atoms in total. The number of carbonyl (C=O) groups is 1. The second kappa shape index (κ2) is 8.44. The van der Waals surface area contributed by atoms with E-state index < -0.39 is 0 Å². The molecule has 0 spiro atoms. The summed E-state index contributed by atoms with van der Waals surface area (Å²) in [5, 5.41) is 2.75. The maximum atomic E-state index is 12.0. The number of nitrogens with one attached hydrogen (secondary N) is 1. The van der Waals surface area contributed by atoms with Gasteiger partial charge in [0.05, 0.1) is 24.9 Å². The third-order valence-electron chi connectivity index (χ3n) is 4.11. The summed E-state index contributed by atoms with van der Waals surface area (Å²) in [7, 11) is 0. The van der Waals surface area contributed by atoms with Crippen molar-refractivity contribution < 1.29 is 9.53 Å². The van der Waals surface area contributed by atoms with Crippen LogP contribution in [0.25, 0.3) is 0 Å². The zero-order valence-corrected chi connectivity index (χ0v) is 13.9.